The van der Waals surface area contributed by atoms with Crippen LogP contribution in [0.25, 0.3) is 11.3 Å². The number of nitro groups is 1. The summed E-state index contributed by atoms with van der Waals surface area (Å²) in [5, 5.41) is 24.4. The van der Waals surface area contributed by atoms with Crippen molar-refractivity contribution in [2.75, 3.05) is 0 Å². The van der Waals surface area contributed by atoms with Crippen LogP contribution in [0.15, 0.2) is 40.8 Å². The van der Waals surface area contributed by atoms with E-state index in [1.807, 2.05) is 6.07 Å². The summed E-state index contributed by atoms with van der Waals surface area (Å²) in [6, 6.07) is 10.2. The molecule has 0 aliphatic heterocycles. The van der Waals surface area contributed by atoms with E-state index in [2.05, 4.69) is 5.32 Å². The molecule has 2 N–H and O–H groups in total. The summed E-state index contributed by atoms with van der Waals surface area (Å²) in [4.78, 5) is 10.7. The maximum Gasteiger partial charge on any atom is 0.280 e. The molecule has 0 unspecified atom stereocenters. The van der Waals surface area contributed by atoms with Crippen LogP contribution in [0, 0.1) is 10.1 Å². The van der Waals surface area contributed by atoms with E-state index < -0.39 is 4.92 Å². The van der Waals surface area contributed by atoms with Crippen molar-refractivity contribution in [3.8, 4) is 11.3 Å². The van der Waals surface area contributed by atoms with E-state index in [0.717, 1.165) is 25.7 Å². The second-order valence-electron chi connectivity index (χ2n) is 5.88. The van der Waals surface area contributed by atoms with Gasteiger partial charge in [-0.1, -0.05) is 25.0 Å². The van der Waals surface area contributed by atoms with Crippen molar-refractivity contribution in [3.05, 3.63) is 52.3 Å². The molecule has 0 amide bonds. The third kappa shape index (κ3) is 3.60. The molecule has 2 aromatic rings. The van der Waals surface area contributed by atoms with E-state index >= 15 is 0 Å². The highest BCUT2D eigenvalue weighted by atomic mass is 16.6. The lowest BCUT2D eigenvalue weighted by molar-refractivity contribution is -0.384. The number of hydrogen-bond donors (Lipinski definition) is 2. The molecule has 0 radical (unpaired) electrons. The summed E-state index contributed by atoms with van der Waals surface area (Å²) in [5.41, 5.74) is 0.505. The van der Waals surface area contributed by atoms with Crippen molar-refractivity contribution >= 4 is 5.69 Å². The van der Waals surface area contributed by atoms with Gasteiger partial charge in [-0.2, -0.15) is 0 Å². The highest BCUT2D eigenvalue weighted by molar-refractivity contribution is 5.69. The van der Waals surface area contributed by atoms with Gasteiger partial charge in [0.15, 0.2) is 0 Å². The zero-order valence-corrected chi connectivity index (χ0v) is 12.8. The second-order valence-corrected chi connectivity index (χ2v) is 5.88. The van der Waals surface area contributed by atoms with Gasteiger partial charge < -0.3 is 14.8 Å². The van der Waals surface area contributed by atoms with Crippen LogP contribution in [-0.4, -0.2) is 22.2 Å². The molecule has 3 rings (SSSR count). The van der Waals surface area contributed by atoms with Gasteiger partial charge in [-0.3, -0.25) is 10.1 Å². The zero-order valence-electron chi connectivity index (χ0n) is 12.8. The number of aliphatic hydroxyl groups excluding tert-OH is 1. The quantitative estimate of drug-likeness (QED) is 0.653. The van der Waals surface area contributed by atoms with Gasteiger partial charge in [-0.05, 0) is 31.0 Å². The van der Waals surface area contributed by atoms with Crippen molar-refractivity contribution in [1.29, 1.82) is 0 Å². The highest BCUT2D eigenvalue weighted by Crippen LogP contribution is 2.31. The van der Waals surface area contributed by atoms with Gasteiger partial charge in [0.05, 0.1) is 23.1 Å². The topological polar surface area (TPSA) is 88.5 Å². The van der Waals surface area contributed by atoms with Crippen LogP contribution in [0.3, 0.4) is 0 Å². The van der Waals surface area contributed by atoms with Crippen molar-refractivity contribution in [2.45, 2.75) is 44.4 Å². The van der Waals surface area contributed by atoms with Gasteiger partial charge >= 0.3 is 0 Å². The minimum absolute atomic E-state index is 0.0315. The maximum absolute atomic E-state index is 11.1. The van der Waals surface area contributed by atoms with Crippen LogP contribution >= 0.6 is 0 Å². The number of para-hydroxylation sites is 1. The lowest BCUT2D eigenvalue weighted by Gasteiger charge is -2.28. The Morgan fingerprint density at radius 2 is 2.00 bits per heavy atom. The molecule has 0 saturated heterocycles. The molecule has 1 saturated carbocycles. The number of hydrogen-bond acceptors (Lipinski definition) is 5. The number of nitrogens with zero attached hydrogens (tertiary/aromatic N) is 1. The molecule has 1 aliphatic carbocycles. The van der Waals surface area contributed by atoms with Crippen molar-refractivity contribution < 1.29 is 14.4 Å². The lowest BCUT2D eigenvalue weighted by atomic mass is 9.92. The number of rotatable bonds is 5. The monoisotopic (exact) mass is 316 g/mol. The zero-order chi connectivity index (χ0) is 16.2. The standard InChI is InChI=1S/C17H20N2O4/c20-16-8-4-2-6-14(16)18-11-12-9-10-17(23-12)13-5-1-3-7-15(13)19(21)22/h1,3,5,7,9-10,14,16,18,20H,2,4,6,8,11H2/t14-,16-/m1/s1. The third-order valence-corrected chi connectivity index (χ3v) is 4.30. The molecule has 122 valence electrons. The molecule has 0 bridgehead atoms. The molecule has 1 fully saturated rings. The number of furan rings is 1. The van der Waals surface area contributed by atoms with Gasteiger partial charge in [0.1, 0.15) is 11.5 Å². The van der Waals surface area contributed by atoms with Gasteiger partial charge in [-0.15, -0.1) is 0 Å². The average molecular weight is 316 g/mol. The molecule has 6 heteroatoms. The number of aliphatic hydroxyl groups is 1. The number of nitrogens with one attached hydrogen (secondary N) is 1. The van der Waals surface area contributed by atoms with E-state index in [1.54, 1.807) is 24.3 Å². The van der Waals surface area contributed by atoms with E-state index in [0.29, 0.717) is 23.6 Å². The van der Waals surface area contributed by atoms with Gasteiger partial charge in [0, 0.05) is 12.1 Å². The highest BCUT2D eigenvalue weighted by Gasteiger charge is 2.23. The Morgan fingerprint density at radius 1 is 1.22 bits per heavy atom. The average Bonchev–Trinajstić information content (AvgIpc) is 3.03. The first kappa shape index (κ1) is 15.7. The fraction of sp³-hybridized carbons (Fsp3) is 0.412. The molecule has 6 nitrogen and oxygen atoms in total. The van der Waals surface area contributed by atoms with Crippen LogP contribution in [0.1, 0.15) is 31.4 Å². The summed E-state index contributed by atoms with van der Waals surface area (Å²) in [6.45, 7) is 0.502. The van der Waals surface area contributed by atoms with E-state index in [9.17, 15) is 15.2 Å². The van der Waals surface area contributed by atoms with Crippen LogP contribution in [0.5, 0.6) is 0 Å². The number of nitro benzene ring substituents is 1. The van der Waals surface area contributed by atoms with E-state index in [-0.39, 0.29) is 17.8 Å². The Balaban J connectivity index is 1.70. The molecule has 0 spiro atoms. The molecular formula is C17H20N2O4. The summed E-state index contributed by atoms with van der Waals surface area (Å²) in [6.07, 6.45) is 3.67. The predicted octanol–water partition coefficient (Wildman–Crippen LogP) is 3.25. The first-order valence-electron chi connectivity index (χ1n) is 7.89. The molecule has 1 aromatic heterocycles. The second kappa shape index (κ2) is 6.93. The van der Waals surface area contributed by atoms with Crippen molar-refractivity contribution in [3.63, 3.8) is 0 Å². The Kier molecular flexibility index (Phi) is 4.73. The summed E-state index contributed by atoms with van der Waals surface area (Å²) >= 11 is 0. The molecular weight excluding hydrogens is 296 g/mol. The first-order chi connectivity index (χ1) is 11.1. The fourth-order valence-corrected chi connectivity index (χ4v) is 3.04. The molecule has 23 heavy (non-hydrogen) atoms. The summed E-state index contributed by atoms with van der Waals surface area (Å²) < 4.78 is 5.74. The number of benzene rings is 1. The Bertz CT molecular complexity index is 683. The normalized spacial score (nSPS) is 21.3. The SMILES string of the molecule is O=[N+]([O-])c1ccccc1-c1ccc(CN[C@@H]2CCCC[C@H]2O)o1. The minimum atomic E-state index is -0.409. The molecule has 1 aromatic carbocycles. The van der Waals surface area contributed by atoms with E-state index in [1.165, 1.54) is 6.07 Å². The van der Waals surface area contributed by atoms with E-state index in [4.69, 9.17) is 4.42 Å². The van der Waals surface area contributed by atoms with Crippen LogP contribution in [0.4, 0.5) is 5.69 Å². The fourth-order valence-electron chi connectivity index (χ4n) is 3.04. The Morgan fingerprint density at radius 3 is 2.78 bits per heavy atom. The van der Waals surface area contributed by atoms with Gasteiger partial charge in [0.2, 0.25) is 0 Å². The van der Waals surface area contributed by atoms with Gasteiger partial charge in [-0.25, -0.2) is 0 Å². The summed E-state index contributed by atoms with van der Waals surface area (Å²) in [7, 11) is 0. The Hall–Kier alpha value is -2.18. The Labute approximate surface area is 134 Å². The lowest BCUT2D eigenvalue weighted by Crippen LogP contribution is -2.41. The molecule has 1 aliphatic rings. The predicted molar refractivity (Wildman–Crippen MR) is 85.9 cm³/mol. The van der Waals surface area contributed by atoms with Gasteiger partial charge in [0.25, 0.3) is 5.69 Å². The smallest absolute Gasteiger partial charge is 0.280 e. The van der Waals surface area contributed by atoms with Crippen LogP contribution in [0.2, 0.25) is 0 Å². The first-order valence-corrected chi connectivity index (χ1v) is 7.89. The van der Waals surface area contributed by atoms with Crippen molar-refractivity contribution in [2.24, 2.45) is 0 Å². The third-order valence-electron chi connectivity index (χ3n) is 4.30. The van der Waals surface area contributed by atoms with Crippen LogP contribution < -0.4 is 5.32 Å². The summed E-state index contributed by atoms with van der Waals surface area (Å²) in [5.74, 6) is 1.19. The maximum atomic E-state index is 11.1. The molecule has 1 heterocycles. The van der Waals surface area contributed by atoms with Crippen LogP contribution in [-0.2, 0) is 6.54 Å². The largest absolute Gasteiger partial charge is 0.459 e. The minimum Gasteiger partial charge on any atom is -0.459 e. The molecule has 2 atom stereocenters. The van der Waals surface area contributed by atoms with Crippen molar-refractivity contribution in [1.82, 2.24) is 5.32 Å².